The van der Waals surface area contributed by atoms with Gasteiger partial charge in [-0.1, -0.05) is 36.4 Å². The average Bonchev–Trinajstić information content (AvgIpc) is 3.28. The number of ether oxygens (including phenoxy) is 2. The monoisotopic (exact) mass is 426 g/mol. The lowest BCUT2D eigenvalue weighted by atomic mass is 9.74. The molecule has 1 heterocycles. The molecule has 0 N–H and O–H groups in total. The van der Waals surface area contributed by atoms with E-state index in [2.05, 4.69) is 53.4 Å². The van der Waals surface area contributed by atoms with Crippen molar-refractivity contribution in [3.05, 3.63) is 59.7 Å². The summed E-state index contributed by atoms with van der Waals surface area (Å²) < 4.78 is 11.8. The topological polar surface area (TPSA) is 45.5 Å². The minimum absolute atomic E-state index is 0. The zero-order valence-electron chi connectivity index (χ0n) is 17.7. The van der Waals surface area contributed by atoms with Gasteiger partial charge in [0.2, 0.25) is 0 Å². The molecule has 30 heavy (non-hydrogen) atoms. The van der Waals surface area contributed by atoms with Gasteiger partial charge in [-0.05, 0) is 61.8 Å². The number of nitrogens with zero attached hydrogens (tertiary/aromatic N) is 2. The number of rotatable bonds is 6. The molecule has 1 aliphatic carbocycles. The summed E-state index contributed by atoms with van der Waals surface area (Å²) in [6.07, 6.45) is 6.61. The summed E-state index contributed by atoms with van der Waals surface area (Å²) >= 11 is 0. The zero-order chi connectivity index (χ0) is 20.1. The molecule has 2 aromatic rings. The molecule has 0 atom stereocenters. The summed E-state index contributed by atoms with van der Waals surface area (Å²) in [6, 6.07) is 19.3. The quantitative estimate of drug-likeness (QED) is 0.612. The Labute approximate surface area is 186 Å². The fourth-order valence-corrected chi connectivity index (χ4v) is 4.65. The van der Waals surface area contributed by atoms with Crippen molar-refractivity contribution >= 4 is 12.4 Å². The van der Waals surface area contributed by atoms with Crippen LogP contribution in [0.1, 0.15) is 49.7 Å². The Bertz CT molecular complexity index is 851. The third-order valence-corrected chi connectivity index (χ3v) is 6.48. The molecule has 0 bridgehead atoms. The minimum atomic E-state index is -0.451. The molecule has 2 fully saturated rings. The number of methoxy groups -OCH3 is 1. The van der Waals surface area contributed by atoms with Gasteiger partial charge in [0.15, 0.2) is 11.5 Å². The lowest BCUT2D eigenvalue weighted by Gasteiger charge is -2.38. The fourth-order valence-electron chi connectivity index (χ4n) is 4.65. The molecule has 5 heteroatoms. The molecule has 1 saturated carbocycles. The van der Waals surface area contributed by atoms with Gasteiger partial charge in [-0.15, -0.1) is 12.4 Å². The second-order valence-corrected chi connectivity index (χ2v) is 8.35. The van der Waals surface area contributed by atoms with Crippen LogP contribution in [0.3, 0.4) is 0 Å². The van der Waals surface area contributed by atoms with Gasteiger partial charge in [0.05, 0.1) is 24.7 Å². The summed E-state index contributed by atoms with van der Waals surface area (Å²) in [5, 5.41) is 10.1. The number of halogens is 1. The SMILES string of the molecule is COc1ccc(C2(C#N)CCN(Cc3ccccc3)CC2)cc1OC1CCCC1.Cl. The van der Waals surface area contributed by atoms with Gasteiger partial charge in [-0.2, -0.15) is 5.26 Å². The molecule has 1 saturated heterocycles. The number of benzene rings is 2. The fraction of sp³-hybridized carbons (Fsp3) is 0.480. The lowest BCUT2D eigenvalue weighted by Crippen LogP contribution is -2.41. The van der Waals surface area contributed by atoms with Crippen LogP contribution in [0.5, 0.6) is 11.5 Å². The van der Waals surface area contributed by atoms with E-state index in [0.717, 1.165) is 62.4 Å². The molecule has 0 amide bonds. The van der Waals surface area contributed by atoms with Crippen molar-refractivity contribution in [2.24, 2.45) is 0 Å². The van der Waals surface area contributed by atoms with Gasteiger partial charge in [-0.3, -0.25) is 4.90 Å². The van der Waals surface area contributed by atoms with E-state index in [1.807, 2.05) is 6.07 Å². The Hall–Kier alpha value is -2.22. The van der Waals surface area contributed by atoms with Gasteiger partial charge in [0.25, 0.3) is 0 Å². The van der Waals surface area contributed by atoms with Crippen molar-refractivity contribution in [1.29, 1.82) is 5.26 Å². The molecule has 0 aromatic heterocycles. The first kappa shape index (κ1) is 22.5. The van der Waals surface area contributed by atoms with Crippen molar-refractivity contribution < 1.29 is 9.47 Å². The molecule has 4 nitrogen and oxygen atoms in total. The molecule has 0 unspecified atom stereocenters. The maximum absolute atomic E-state index is 10.1. The number of nitriles is 1. The van der Waals surface area contributed by atoms with Gasteiger partial charge in [-0.25, -0.2) is 0 Å². The van der Waals surface area contributed by atoms with E-state index in [4.69, 9.17) is 9.47 Å². The van der Waals surface area contributed by atoms with Crippen LogP contribution < -0.4 is 9.47 Å². The van der Waals surface area contributed by atoms with Crippen molar-refractivity contribution in [2.75, 3.05) is 20.2 Å². The number of likely N-dealkylation sites (tertiary alicyclic amines) is 1. The number of hydrogen-bond donors (Lipinski definition) is 0. The second kappa shape index (κ2) is 10.2. The standard InChI is InChI=1S/C25H30N2O2.ClH/c1-28-23-12-11-21(17-24(23)29-22-9-5-6-10-22)25(19-26)13-15-27(16-14-25)18-20-7-3-2-4-8-20;/h2-4,7-8,11-12,17,22H,5-6,9-10,13-16,18H2,1H3;1H. The Kier molecular flexibility index (Phi) is 7.64. The first-order valence-electron chi connectivity index (χ1n) is 10.8. The van der Waals surface area contributed by atoms with Gasteiger partial charge >= 0.3 is 0 Å². The van der Waals surface area contributed by atoms with Crippen molar-refractivity contribution in [3.8, 4) is 17.6 Å². The summed E-state index contributed by atoms with van der Waals surface area (Å²) in [4.78, 5) is 2.45. The lowest BCUT2D eigenvalue weighted by molar-refractivity contribution is 0.177. The third kappa shape index (κ3) is 4.91. The van der Waals surface area contributed by atoms with Crippen LogP contribution in [0.4, 0.5) is 0 Å². The average molecular weight is 427 g/mol. The first-order valence-corrected chi connectivity index (χ1v) is 10.8. The van der Waals surface area contributed by atoms with E-state index >= 15 is 0 Å². The van der Waals surface area contributed by atoms with E-state index in [-0.39, 0.29) is 18.5 Å². The van der Waals surface area contributed by atoms with Crippen LogP contribution >= 0.6 is 12.4 Å². The molecule has 0 spiro atoms. The number of piperidine rings is 1. The number of hydrogen-bond acceptors (Lipinski definition) is 4. The maximum atomic E-state index is 10.1. The Balaban J connectivity index is 0.00000256. The van der Waals surface area contributed by atoms with Gasteiger partial charge in [0, 0.05) is 19.6 Å². The van der Waals surface area contributed by atoms with E-state index in [9.17, 15) is 5.26 Å². The van der Waals surface area contributed by atoms with Crippen LogP contribution in [0, 0.1) is 11.3 Å². The third-order valence-electron chi connectivity index (χ3n) is 6.48. The Morgan fingerprint density at radius 1 is 1.03 bits per heavy atom. The van der Waals surface area contributed by atoms with Crippen LogP contribution in [0.15, 0.2) is 48.5 Å². The highest BCUT2D eigenvalue weighted by atomic mass is 35.5. The van der Waals surface area contributed by atoms with Crippen molar-refractivity contribution in [1.82, 2.24) is 4.90 Å². The van der Waals surface area contributed by atoms with Crippen LogP contribution in [0.25, 0.3) is 0 Å². The van der Waals surface area contributed by atoms with Crippen LogP contribution in [-0.4, -0.2) is 31.2 Å². The maximum Gasteiger partial charge on any atom is 0.161 e. The van der Waals surface area contributed by atoms with Crippen LogP contribution in [-0.2, 0) is 12.0 Å². The van der Waals surface area contributed by atoms with E-state index in [0.29, 0.717) is 0 Å². The summed E-state index contributed by atoms with van der Waals surface area (Å²) in [5.74, 6) is 1.55. The van der Waals surface area contributed by atoms with Crippen molar-refractivity contribution in [2.45, 2.75) is 56.6 Å². The largest absolute Gasteiger partial charge is 0.493 e. The molecule has 2 aliphatic rings. The molecule has 0 radical (unpaired) electrons. The second-order valence-electron chi connectivity index (χ2n) is 8.35. The summed E-state index contributed by atoms with van der Waals surface area (Å²) in [5.41, 5.74) is 1.94. The normalized spacial score (nSPS) is 18.9. The molecular formula is C25H31ClN2O2. The molecular weight excluding hydrogens is 396 g/mol. The highest BCUT2D eigenvalue weighted by Crippen LogP contribution is 2.40. The smallest absolute Gasteiger partial charge is 0.161 e. The molecule has 4 rings (SSSR count). The van der Waals surface area contributed by atoms with Gasteiger partial charge in [0.1, 0.15) is 0 Å². The summed E-state index contributed by atoms with van der Waals surface area (Å²) in [6.45, 7) is 2.79. The Morgan fingerprint density at radius 3 is 2.37 bits per heavy atom. The zero-order valence-corrected chi connectivity index (χ0v) is 18.5. The van der Waals surface area contributed by atoms with Crippen molar-refractivity contribution in [3.63, 3.8) is 0 Å². The van der Waals surface area contributed by atoms with E-state index in [1.165, 1.54) is 18.4 Å². The highest BCUT2D eigenvalue weighted by Gasteiger charge is 2.37. The highest BCUT2D eigenvalue weighted by molar-refractivity contribution is 5.85. The molecule has 2 aromatic carbocycles. The molecule has 1 aliphatic heterocycles. The van der Waals surface area contributed by atoms with Crippen LogP contribution in [0.2, 0.25) is 0 Å². The Morgan fingerprint density at radius 2 is 1.73 bits per heavy atom. The predicted molar refractivity (Wildman–Crippen MR) is 121 cm³/mol. The predicted octanol–water partition coefficient (Wildman–Crippen LogP) is 5.50. The molecule has 160 valence electrons. The van der Waals surface area contributed by atoms with Gasteiger partial charge < -0.3 is 9.47 Å². The van der Waals surface area contributed by atoms with E-state index < -0.39 is 5.41 Å². The van der Waals surface area contributed by atoms with E-state index in [1.54, 1.807) is 7.11 Å². The first-order chi connectivity index (χ1) is 14.2. The summed E-state index contributed by atoms with van der Waals surface area (Å²) in [7, 11) is 1.68. The minimum Gasteiger partial charge on any atom is -0.493 e.